The van der Waals surface area contributed by atoms with Gasteiger partial charge in [-0.05, 0) is 119 Å². The van der Waals surface area contributed by atoms with Gasteiger partial charge in [-0.3, -0.25) is 0 Å². The maximum atomic E-state index is 2.50. The monoisotopic (exact) mass is 994 g/mol. The normalized spacial score (nSPS) is 11.6. The van der Waals surface area contributed by atoms with Crippen LogP contribution >= 0.6 is 0 Å². The molecule has 0 bridgehead atoms. The quantitative estimate of drug-likeness (QED) is 0.100. The van der Waals surface area contributed by atoms with Crippen molar-refractivity contribution >= 4 is 99.3 Å². The Bertz CT molecular complexity index is 4340. The number of para-hydroxylation sites is 4. The lowest BCUT2D eigenvalue weighted by molar-refractivity contribution is 1.18. The fourth-order valence-corrected chi connectivity index (χ4v) is 12.2. The number of nitrogens with zero attached hydrogens (tertiary/aromatic N) is 4. The first kappa shape index (κ1) is 45.0. The van der Waals surface area contributed by atoms with E-state index in [0.29, 0.717) is 0 Å². The van der Waals surface area contributed by atoms with Crippen molar-refractivity contribution in [3.8, 4) is 33.6 Å². The molecule has 15 aromatic rings. The lowest BCUT2D eigenvalue weighted by Crippen LogP contribution is -2.14. The maximum absolute atomic E-state index is 2.50. The molecule has 13 aromatic carbocycles. The highest BCUT2D eigenvalue weighted by Gasteiger charge is 2.27. The lowest BCUT2D eigenvalue weighted by Gasteiger charge is -2.33. The Morgan fingerprint density at radius 3 is 0.821 bits per heavy atom. The van der Waals surface area contributed by atoms with Gasteiger partial charge in [0.1, 0.15) is 0 Å². The van der Waals surface area contributed by atoms with Gasteiger partial charge in [-0.25, -0.2) is 0 Å². The Morgan fingerprint density at radius 2 is 0.462 bits per heavy atom. The van der Waals surface area contributed by atoms with Crippen LogP contribution < -0.4 is 9.80 Å². The number of aromatic nitrogens is 2. The van der Waals surface area contributed by atoms with E-state index in [9.17, 15) is 0 Å². The summed E-state index contributed by atoms with van der Waals surface area (Å²) in [5.41, 5.74) is 18.2. The van der Waals surface area contributed by atoms with Gasteiger partial charge in [0.25, 0.3) is 0 Å². The highest BCUT2D eigenvalue weighted by molar-refractivity contribution is 6.24. The average Bonchev–Trinajstić information content (AvgIpc) is 4.17. The second kappa shape index (κ2) is 18.7. The van der Waals surface area contributed by atoms with Crippen LogP contribution in [0.25, 0.3) is 98.8 Å². The number of rotatable bonds is 10. The predicted octanol–water partition coefficient (Wildman–Crippen LogP) is 20.5. The number of hydrogen-bond acceptors (Lipinski definition) is 2. The molecule has 0 unspecified atom stereocenters. The van der Waals surface area contributed by atoms with Gasteiger partial charge in [0.05, 0.1) is 33.4 Å². The first-order valence-corrected chi connectivity index (χ1v) is 26.8. The van der Waals surface area contributed by atoms with E-state index < -0.39 is 0 Å². The zero-order valence-electron chi connectivity index (χ0n) is 42.7. The second-order valence-electron chi connectivity index (χ2n) is 20.1. The summed E-state index contributed by atoms with van der Waals surface area (Å²) in [7, 11) is 0. The van der Waals surface area contributed by atoms with Crippen molar-refractivity contribution in [2.24, 2.45) is 0 Å². The number of anilines is 6. The third-order valence-electron chi connectivity index (χ3n) is 15.6. The Hall–Kier alpha value is -10.4. The van der Waals surface area contributed by atoms with E-state index in [2.05, 4.69) is 322 Å². The molecule has 0 amide bonds. The Kier molecular flexibility index (Phi) is 10.8. The van der Waals surface area contributed by atoms with Crippen LogP contribution in [-0.4, -0.2) is 9.13 Å². The van der Waals surface area contributed by atoms with Gasteiger partial charge >= 0.3 is 0 Å². The molecule has 0 fully saturated rings. The minimum Gasteiger partial charge on any atom is -0.309 e. The van der Waals surface area contributed by atoms with Crippen LogP contribution in [-0.2, 0) is 0 Å². The fraction of sp³-hybridized carbons (Fsp3) is 0. The molecule has 78 heavy (non-hydrogen) atoms. The second-order valence-corrected chi connectivity index (χ2v) is 20.1. The summed E-state index contributed by atoms with van der Waals surface area (Å²) in [6.45, 7) is 0. The third-order valence-corrected chi connectivity index (χ3v) is 15.6. The molecule has 0 aliphatic heterocycles. The number of hydrogen-bond donors (Lipinski definition) is 0. The van der Waals surface area contributed by atoms with Crippen LogP contribution in [0.15, 0.2) is 303 Å². The van der Waals surface area contributed by atoms with E-state index in [1.165, 1.54) is 54.8 Å². The molecule has 15 rings (SSSR count). The van der Waals surface area contributed by atoms with E-state index in [1.54, 1.807) is 0 Å². The predicted molar refractivity (Wildman–Crippen MR) is 330 cm³/mol. The molecule has 0 spiro atoms. The summed E-state index contributed by atoms with van der Waals surface area (Å²) >= 11 is 0. The zero-order valence-corrected chi connectivity index (χ0v) is 42.7. The van der Waals surface area contributed by atoms with Crippen molar-refractivity contribution in [2.75, 3.05) is 9.80 Å². The molecular formula is C74H50N4. The zero-order chi connectivity index (χ0) is 51.5. The molecule has 0 aliphatic carbocycles. The van der Waals surface area contributed by atoms with Gasteiger partial charge in [0.2, 0.25) is 0 Å². The van der Waals surface area contributed by atoms with E-state index in [4.69, 9.17) is 0 Å². The molecular weight excluding hydrogens is 945 g/mol. The topological polar surface area (TPSA) is 16.3 Å². The van der Waals surface area contributed by atoms with Crippen molar-refractivity contribution in [2.45, 2.75) is 0 Å². The minimum atomic E-state index is 1.07. The summed E-state index contributed by atoms with van der Waals surface area (Å²) in [6, 6.07) is 111. The number of fused-ring (bicyclic) bond motifs is 8. The van der Waals surface area contributed by atoms with Crippen LogP contribution in [0.4, 0.5) is 34.1 Å². The maximum Gasteiger partial charge on any atom is 0.0619 e. The van der Waals surface area contributed by atoms with Crippen LogP contribution in [0.3, 0.4) is 0 Å². The van der Waals surface area contributed by atoms with Crippen molar-refractivity contribution in [3.63, 3.8) is 0 Å². The average molecular weight is 995 g/mol. The van der Waals surface area contributed by atoms with Gasteiger partial charge in [-0.15, -0.1) is 0 Å². The smallest absolute Gasteiger partial charge is 0.0619 e. The summed E-state index contributed by atoms with van der Waals surface area (Å²) < 4.78 is 4.79. The van der Waals surface area contributed by atoms with E-state index in [1.807, 2.05) is 0 Å². The van der Waals surface area contributed by atoms with E-state index >= 15 is 0 Å². The van der Waals surface area contributed by atoms with Crippen molar-refractivity contribution < 1.29 is 0 Å². The third kappa shape index (κ3) is 7.45. The Balaban J connectivity index is 0.998. The van der Waals surface area contributed by atoms with Crippen LogP contribution in [0.2, 0.25) is 0 Å². The minimum absolute atomic E-state index is 1.07. The van der Waals surface area contributed by atoms with Gasteiger partial charge in [0, 0.05) is 77.2 Å². The number of benzene rings is 13. The molecule has 366 valence electrons. The summed E-state index contributed by atoms with van der Waals surface area (Å²) in [5, 5.41) is 9.35. The van der Waals surface area contributed by atoms with E-state index in [0.717, 1.165) is 78.1 Å². The van der Waals surface area contributed by atoms with Gasteiger partial charge in [0.15, 0.2) is 0 Å². The molecule has 0 aliphatic rings. The molecule has 0 saturated heterocycles. The van der Waals surface area contributed by atoms with Gasteiger partial charge in [-0.2, -0.15) is 0 Å². The van der Waals surface area contributed by atoms with E-state index in [-0.39, 0.29) is 0 Å². The van der Waals surface area contributed by atoms with Gasteiger partial charge < -0.3 is 18.9 Å². The largest absolute Gasteiger partial charge is 0.309 e. The van der Waals surface area contributed by atoms with Crippen LogP contribution in [0, 0.1) is 0 Å². The molecule has 4 heteroatoms. The van der Waals surface area contributed by atoms with Crippen molar-refractivity contribution in [1.82, 2.24) is 9.13 Å². The Morgan fingerprint density at radius 1 is 0.192 bits per heavy atom. The van der Waals surface area contributed by atoms with Crippen molar-refractivity contribution in [1.29, 1.82) is 0 Å². The summed E-state index contributed by atoms with van der Waals surface area (Å²) in [4.78, 5) is 5.00. The molecule has 0 radical (unpaired) electrons. The Labute approximate surface area is 452 Å². The first-order valence-electron chi connectivity index (χ1n) is 26.8. The van der Waals surface area contributed by atoms with Crippen LogP contribution in [0.1, 0.15) is 0 Å². The SMILES string of the molecule is c1ccc(-c2ccc(N(c3ccc4c(c3)c3ccccc3n4-c3ccccc3)c3c4ccccc4c(N(c4ccc(-c5ccccc5)cc4)c4ccc5c(c4)c4ccccc4n5-c4ccccc4)c4ccccc34)cc2)cc1. The van der Waals surface area contributed by atoms with Crippen LogP contribution in [0.5, 0.6) is 0 Å². The van der Waals surface area contributed by atoms with Crippen molar-refractivity contribution in [3.05, 3.63) is 303 Å². The molecule has 0 N–H and O–H groups in total. The first-order chi connectivity index (χ1) is 38.7. The van der Waals surface area contributed by atoms with Gasteiger partial charge in [-0.1, -0.05) is 206 Å². The standard InChI is InChI=1S/C74H50N4/c1-5-21-51(22-6-1)53-37-41-57(42-38-53)75(59-45-47-71-67(49-59)61-29-17-19-35-69(61)77(71)55-25-9-3-10-26-55)73-63-31-13-15-33-65(63)74(66-34-16-14-32-64(66)73)76(58-43-39-54(40-44-58)52-23-7-2-8-24-52)60-46-48-72-68(50-60)62-30-18-20-36-70(62)78(72)56-27-11-4-12-28-56/h1-50H. The molecule has 2 aromatic heterocycles. The fourth-order valence-electron chi connectivity index (χ4n) is 12.2. The molecule has 2 heterocycles. The molecule has 0 saturated carbocycles. The highest BCUT2D eigenvalue weighted by atomic mass is 15.2. The lowest BCUT2D eigenvalue weighted by atomic mass is 9.94. The molecule has 4 nitrogen and oxygen atoms in total. The summed E-state index contributed by atoms with van der Waals surface area (Å²) in [5.74, 6) is 0. The highest BCUT2D eigenvalue weighted by Crippen LogP contribution is 2.52. The molecule has 0 atom stereocenters. The summed E-state index contributed by atoms with van der Waals surface area (Å²) in [6.07, 6.45) is 0.